The topological polar surface area (TPSA) is 49.8 Å². The van der Waals surface area contributed by atoms with Crippen molar-refractivity contribution in [1.29, 1.82) is 0 Å². The zero-order chi connectivity index (χ0) is 9.97. The number of anilines is 1. The van der Waals surface area contributed by atoms with Gasteiger partial charge >= 0.3 is 0 Å². The Hall–Kier alpha value is -0.580. The minimum Gasteiger partial charge on any atom is -0.350 e. The molecule has 1 aliphatic rings. The number of hydrogen-bond acceptors (Lipinski definition) is 4. The monoisotopic (exact) mass is 264 g/mol. The Morgan fingerprint density at radius 2 is 1.88 bits per heavy atom. The van der Waals surface area contributed by atoms with Crippen LogP contribution in [0.3, 0.4) is 0 Å². The molecule has 1 saturated heterocycles. The molecule has 0 aromatic carbocycles. The number of aromatic nitrogens is 2. The largest absolute Gasteiger partial charge is 0.350 e. The molecule has 0 radical (unpaired) electrons. The highest BCUT2D eigenvalue weighted by Crippen LogP contribution is 2.08. The Kier molecular flexibility index (Phi) is 6.64. The molecule has 1 unspecified atom stereocenters. The molecule has 0 saturated carbocycles. The molecule has 1 aromatic heterocycles. The maximum Gasteiger partial charge on any atom is 0.223 e. The van der Waals surface area contributed by atoms with E-state index in [1.807, 2.05) is 19.9 Å². The maximum absolute atomic E-state index is 4.35. The van der Waals surface area contributed by atoms with E-state index in [-0.39, 0.29) is 24.8 Å². The number of nitrogens with zero attached hydrogens (tertiary/aromatic N) is 2. The second kappa shape index (κ2) is 6.89. The van der Waals surface area contributed by atoms with E-state index in [1.54, 1.807) is 0 Å². The van der Waals surface area contributed by atoms with Crippen LogP contribution in [0.5, 0.6) is 0 Å². The Labute approximate surface area is 108 Å². The minimum absolute atomic E-state index is 0. The summed E-state index contributed by atoms with van der Waals surface area (Å²) in [5.41, 5.74) is 2.04. The van der Waals surface area contributed by atoms with Gasteiger partial charge in [0, 0.05) is 24.0 Å². The summed E-state index contributed by atoms with van der Waals surface area (Å²) in [7, 11) is 0. The Morgan fingerprint density at radius 1 is 1.25 bits per heavy atom. The van der Waals surface area contributed by atoms with E-state index in [0.29, 0.717) is 6.04 Å². The van der Waals surface area contributed by atoms with E-state index in [0.717, 1.165) is 36.8 Å². The van der Waals surface area contributed by atoms with Crippen molar-refractivity contribution in [3.8, 4) is 0 Å². The third-order valence-corrected chi connectivity index (χ3v) is 2.38. The van der Waals surface area contributed by atoms with Crippen LogP contribution in [0.2, 0.25) is 0 Å². The number of rotatable bonds is 2. The van der Waals surface area contributed by atoms with Gasteiger partial charge < -0.3 is 10.6 Å². The molecule has 16 heavy (non-hydrogen) atoms. The van der Waals surface area contributed by atoms with Crippen molar-refractivity contribution in [1.82, 2.24) is 15.3 Å². The van der Waals surface area contributed by atoms with E-state index in [2.05, 4.69) is 20.6 Å². The lowest BCUT2D eigenvalue weighted by molar-refractivity contribution is 0.777. The third-order valence-electron chi connectivity index (χ3n) is 2.38. The molecule has 0 bridgehead atoms. The molecule has 0 amide bonds. The van der Waals surface area contributed by atoms with Crippen molar-refractivity contribution >= 4 is 30.8 Å². The molecular formula is C10H18Cl2N4. The van der Waals surface area contributed by atoms with Crippen LogP contribution >= 0.6 is 24.8 Å². The predicted molar refractivity (Wildman–Crippen MR) is 70.9 cm³/mol. The summed E-state index contributed by atoms with van der Waals surface area (Å²) < 4.78 is 0. The highest BCUT2D eigenvalue weighted by Gasteiger charge is 2.14. The molecule has 6 heteroatoms. The van der Waals surface area contributed by atoms with Gasteiger partial charge in [-0.15, -0.1) is 24.8 Å². The van der Waals surface area contributed by atoms with Crippen LogP contribution < -0.4 is 10.6 Å². The number of aryl methyl sites for hydroxylation is 2. The standard InChI is InChI=1S/C10H16N4.2ClH/c1-7-5-8(2)13-10(12-7)14-9-3-4-11-6-9;;/h5,9,11H,3-4,6H2,1-2H3,(H,12,13,14);2*1H. The van der Waals surface area contributed by atoms with Crippen LogP contribution in [0.1, 0.15) is 17.8 Å². The van der Waals surface area contributed by atoms with Gasteiger partial charge in [-0.2, -0.15) is 0 Å². The van der Waals surface area contributed by atoms with E-state index in [4.69, 9.17) is 0 Å². The van der Waals surface area contributed by atoms with E-state index in [9.17, 15) is 0 Å². The molecule has 1 aromatic rings. The smallest absolute Gasteiger partial charge is 0.223 e. The molecule has 0 aliphatic carbocycles. The van der Waals surface area contributed by atoms with Crippen molar-refractivity contribution in [3.05, 3.63) is 17.5 Å². The van der Waals surface area contributed by atoms with Crippen LogP contribution in [0, 0.1) is 13.8 Å². The SMILES string of the molecule is Cc1cc(C)nc(NC2CCNC2)n1.Cl.Cl. The van der Waals surface area contributed by atoms with Crippen molar-refractivity contribution < 1.29 is 0 Å². The van der Waals surface area contributed by atoms with Crippen molar-refractivity contribution in [3.63, 3.8) is 0 Å². The summed E-state index contributed by atoms with van der Waals surface area (Å²) in [6.07, 6.45) is 1.15. The number of hydrogen-bond donors (Lipinski definition) is 2. The normalized spacial score (nSPS) is 18.5. The molecule has 0 spiro atoms. The molecular weight excluding hydrogens is 247 g/mol. The highest BCUT2D eigenvalue weighted by atomic mass is 35.5. The van der Waals surface area contributed by atoms with Crippen LogP contribution in [-0.2, 0) is 0 Å². The lowest BCUT2D eigenvalue weighted by atomic mass is 10.3. The van der Waals surface area contributed by atoms with Gasteiger partial charge in [0.2, 0.25) is 5.95 Å². The number of nitrogens with one attached hydrogen (secondary N) is 2. The highest BCUT2D eigenvalue weighted by molar-refractivity contribution is 5.85. The lowest BCUT2D eigenvalue weighted by Crippen LogP contribution is -2.23. The molecule has 2 N–H and O–H groups in total. The molecule has 2 heterocycles. The number of halogens is 2. The summed E-state index contributed by atoms with van der Waals surface area (Å²) in [6.45, 7) is 6.08. The summed E-state index contributed by atoms with van der Waals surface area (Å²) in [5.74, 6) is 0.760. The van der Waals surface area contributed by atoms with Crippen LogP contribution in [-0.4, -0.2) is 29.1 Å². The summed E-state index contributed by atoms with van der Waals surface area (Å²) in [6, 6.07) is 2.47. The quantitative estimate of drug-likeness (QED) is 0.854. The Balaban J connectivity index is 0.00000112. The zero-order valence-corrected chi connectivity index (χ0v) is 11.1. The first-order valence-corrected chi connectivity index (χ1v) is 5.03. The fraction of sp³-hybridized carbons (Fsp3) is 0.600. The molecule has 1 atom stereocenters. The molecule has 1 aliphatic heterocycles. The fourth-order valence-electron chi connectivity index (χ4n) is 1.75. The summed E-state index contributed by atoms with van der Waals surface area (Å²) in [5, 5.41) is 6.64. The average Bonchev–Trinajstić information content (AvgIpc) is 2.54. The van der Waals surface area contributed by atoms with Gasteiger partial charge in [0.05, 0.1) is 0 Å². The van der Waals surface area contributed by atoms with Crippen molar-refractivity contribution in [2.24, 2.45) is 0 Å². The van der Waals surface area contributed by atoms with Gasteiger partial charge in [-0.1, -0.05) is 0 Å². The van der Waals surface area contributed by atoms with Crippen molar-refractivity contribution in [2.45, 2.75) is 26.3 Å². The fourth-order valence-corrected chi connectivity index (χ4v) is 1.75. The van der Waals surface area contributed by atoms with Gasteiger partial charge in [-0.25, -0.2) is 9.97 Å². The second-order valence-electron chi connectivity index (χ2n) is 3.81. The minimum atomic E-state index is 0. The van der Waals surface area contributed by atoms with E-state index >= 15 is 0 Å². The van der Waals surface area contributed by atoms with Crippen LogP contribution in [0.25, 0.3) is 0 Å². The first-order chi connectivity index (χ1) is 6.74. The second-order valence-corrected chi connectivity index (χ2v) is 3.81. The summed E-state index contributed by atoms with van der Waals surface area (Å²) in [4.78, 5) is 8.70. The Morgan fingerprint density at radius 3 is 2.38 bits per heavy atom. The van der Waals surface area contributed by atoms with Gasteiger partial charge in [0.25, 0.3) is 0 Å². The Bertz CT molecular complexity index is 306. The average molecular weight is 265 g/mol. The first-order valence-electron chi connectivity index (χ1n) is 5.03. The molecule has 2 rings (SSSR count). The third kappa shape index (κ3) is 4.12. The molecule has 4 nitrogen and oxygen atoms in total. The molecule has 1 fully saturated rings. The van der Waals surface area contributed by atoms with Gasteiger partial charge in [0.1, 0.15) is 0 Å². The first kappa shape index (κ1) is 15.4. The predicted octanol–water partition coefficient (Wildman–Crippen LogP) is 1.71. The van der Waals surface area contributed by atoms with Crippen molar-refractivity contribution in [2.75, 3.05) is 18.4 Å². The van der Waals surface area contributed by atoms with E-state index < -0.39 is 0 Å². The lowest BCUT2D eigenvalue weighted by Gasteiger charge is -2.11. The van der Waals surface area contributed by atoms with Gasteiger partial charge in [-0.3, -0.25) is 0 Å². The van der Waals surface area contributed by atoms with Crippen LogP contribution in [0.4, 0.5) is 5.95 Å². The van der Waals surface area contributed by atoms with Crippen LogP contribution in [0.15, 0.2) is 6.07 Å². The molecule has 92 valence electrons. The van der Waals surface area contributed by atoms with Gasteiger partial charge in [-0.05, 0) is 32.9 Å². The maximum atomic E-state index is 4.35. The summed E-state index contributed by atoms with van der Waals surface area (Å²) >= 11 is 0. The van der Waals surface area contributed by atoms with Gasteiger partial charge in [0.15, 0.2) is 0 Å². The van der Waals surface area contributed by atoms with E-state index in [1.165, 1.54) is 0 Å². The zero-order valence-electron chi connectivity index (χ0n) is 9.49.